The fourth-order valence-electron chi connectivity index (χ4n) is 2.99. The number of hydrogen-bond acceptors (Lipinski definition) is 7. The number of alkyl carbamates (subject to hydrolysis) is 1. The molecule has 2 amide bonds. The quantitative estimate of drug-likeness (QED) is 0.346. The number of amides is 2. The number of ether oxygens (including phenoxy) is 3. The van der Waals surface area contributed by atoms with Gasteiger partial charge in [0, 0.05) is 0 Å². The number of hydrogen-bond donors (Lipinski definition) is 2. The highest BCUT2D eigenvalue weighted by molar-refractivity contribution is 5.93. The Morgan fingerprint density at radius 1 is 0.757 bits per heavy atom. The van der Waals surface area contributed by atoms with Crippen molar-refractivity contribution in [3.05, 3.63) is 71.8 Å². The van der Waals surface area contributed by atoms with Gasteiger partial charge in [0.15, 0.2) is 0 Å². The Kier molecular flexibility index (Phi) is 10.7. The molecule has 2 aromatic rings. The first-order valence-corrected chi connectivity index (χ1v) is 12.0. The van der Waals surface area contributed by atoms with E-state index in [1.807, 2.05) is 45.0 Å². The molecule has 0 bridgehead atoms. The molecule has 0 fully saturated rings. The zero-order valence-corrected chi connectivity index (χ0v) is 22.0. The lowest BCUT2D eigenvalue weighted by Crippen LogP contribution is -2.57. The van der Waals surface area contributed by atoms with Gasteiger partial charge in [0.2, 0.25) is 5.91 Å². The van der Waals surface area contributed by atoms with Crippen molar-refractivity contribution in [1.29, 1.82) is 0 Å². The third-order valence-corrected chi connectivity index (χ3v) is 5.02. The molecule has 0 spiro atoms. The van der Waals surface area contributed by atoms with Crippen LogP contribution in [0.2, 0.25) is 0 Å². The summed E-state index contributed by atoms with van der Waals surface area (Å²) in [5.74, 6) is -2.11. The zero-order valence-electron chi connectivity index (χ0n) is 22.0. The maximum atomic E-state index is 13.1. The van der Waals surface area contributed by atoms with Gasteiger partial charge in [-0.1, -0.05) is 81.4 Å². The van der Waals surface area contributed by atoms with Crippen molar-refractivity contribution in [1.82, 2.24) is 10.6 Å². The van der Waals surface area contributed by atoms with Crippen LogP contribution >= 0.6 is 0 Å². The van der Waals surface area contributed by atoms with Gasteiger partial charge in [-0.15, -0.1) is 0 Å². The molecule has 9 nitrogen and oxygen atoms in total. The molecule has 0 aliphatic carbocycles. The number of nitrogens with one attached hydrogen (secondary N) is 2. The zero-order chi connectivity index (χ0) is 27.5. The maximum Gasteiger partial charge on any atom is 0.408 e. The number of carbonyl (C=O) groups excluding carboxylic acids is 4. The summed E-state index contributed by atoms with van der Waals surface area (Å²) < 4.78 is 15.8. The molecule has 2 aromatic carbocycles. The summed E-state index contributed by atoms with van der Waals surface area (Å²) in [5, 5.41) is 4.97. The fraction of sp³-hybridized carbons (Fsp3) is 0.429. The molecule has 1 atom stereocenters. The van der Waals surface area contributed by atoms with Crippen LogP contribution in [-0.2, 0) is 41.8 Å². The first-order valence-electron chi connectivity index (χ1n) is 12.0. The molecule has 0 aliphatic rings. The van der Waals surface area contributed by atoms with E-state index in [9.17, 15) is 19.2 Å². The fourth-order valence-corrected chi connectivity index (χ4v) is 2.99. The molecule has 0 saturated carbocycles. The molecule has 2 N–H and O–H groups in total. The van der Waals surface area contributed by atoms with E-state index in [1.165, 1.54) is 13.8 Å². The van der Waals surface area contributed by atoms with Crippen LogP contribution in [0.15, 0.2) is 60.7 Å². The second kappa shape index (κ2) is 13.4. The summed E-state index contributed by atoms with van der Waals surface area (Å²) in [4.78, 5) is 50.6. The van der Waals surface area contributed by atoms with Crippen molar-refractivity contribution in [3.63, 3.8) is 0 Å². The van der Waals surface area contributed by atoms with Gasteiger partial charge in [-0.25, -0.2) is 9.59 Å². The van der Waals surface area contributed by atoms with E-state index in [-0.39, 0.29) is 25.2 Å². The van der Waals surface area contributed by atoms with Gasteiger partial charge in [-0.3, -0.25) is 9.59 Å². The van der Waals surface area contributed by atoms with Crippen LogP contribution in [0.1, 0.15) is 52.2 Å². The Hall–Kier alpha value is -3.88. The van der Waals surface area contributed by atoms with Crippen molar-refractivity contribution in [3.8, 4) is 0 Å². The minimum absolute atomic E-state index is 0.0110. The van der Waals surface area contributed by atoms with E-state index in [2.05, 4.69) is 10.6 Å². The predicted molar refractivity (Wildman–Crippen MR) is 137 cm³/mol. The van der Waals surface area contributed by atoms with Gasteiger partial charge in [0.05, 0.1) is 13.0 Å². The van der Waals surface area contributed by atoms with Gasteiger partial charge in [0.25, 0.3) is 0 Å². The molecular formula is C28H36N2O7. The SMILES string of the molecule is CC(C)(C)COC(=O)C(C)(C)NC(=O)[C@H](CC(=O)OCc1ccccc1)NC(=O)OCc1ccccc1. The Morgan fingerprint density at radius 2 is 1.27 bits per heavy atom. The molecule has 9 heteroatoms. The average molecular weight is 513 g/mol. The average Bonchev–Trinajstić information content (AvgIpc) is 2.85. The van der Waals surface area contributed by atoms with Crippen molar-refractivity contribution in [2.75, 3.05) is 6.61 Å². The first kappa shape index (κ1) is 29.4. The predicted octanol–water partition coefficient (Wildman–Crippen LogP) is 3.90. The van der Waals surface area contributed by atoms with E-state index in [0.717, 1.165) is 11.1 Å². The van der Waals surface area contributed by atoms with Crippen LogP contribution < -0.4 is 10.6 Å². The molecule has 0 saturated heterocycles. The molecule has 0 radical (unpaired) electrons. The number of esters is 2. The van der Waals surface area contributed by atoms with Gasteiger partial charge in [0.1, 0.15) is 24.8 Å². The standard InChI is InChI=1S/C28H36N2O7/c1-27(2,3)19-37-25(33)28(4,5)30-24(32)22(16-23(31)35-17-20-12-8-6-9-13-20)29-26(34)36-18-21-14-10-7-11-15-21/h6-15,22H,16-19H2,1-5H3,(H,29,34)(H,30,32)/t22-/m0/s1. The van der Waals surface area contributed by atoms with Gasteiger partial charge in [-0.2, -0.15) is 0 Å². The van der Waals surface area contributed by atoms with Gasteiger partial charge >= 0.3 is 18.0 Å². The monoisotopic (exact) mass is 512 g/mol. The van der Waals surface area contributed by atoms with Gasteiger partial charge < -0.3 is 24.8 Å². The van der Waals surface area contributed by atoms with Crippen LogP contribution in [0.5, 0.6) is 0 Å². The lowest BCUT2D eigenvalue weighted by molar-refractivity contribution is -0.155. The largest absolute Gasteiger partial charge is 0.463 e. The molecule has 200 valence electrons. The number of carbonyl (C=O) groups is 4. The highest BCUT2D eigenvalue weighted by Gasteiger charge is 2.36. The summed E-state index contributed by atoms with van der Waals surface area (Å²) in [5.41, 5.74) is -0.145. The normalized spacial score (nSPS) is 12.1. The minimum Gasteiger partial charge on any atom is -0.463 e. The molecule has 0 unspecified atom stereocenters. The summed E-state index contributed by atoms with van der Waals surface area (Å²) >= 11 is 0. The summed E-state index contributed by atoms with van der Waals surface area (Å²) in [6, 6.07) is 16.7. The molecule has 37 heavy (non-hydrogen) atoms. The highest BCUT2D eigenvalue weighted by Crippen LogP contribution is 2.16. The smallest absolute Gasteiger partial charge is 0.408 e. The lowest BCUT2D eigenvalue weighted by Gasteiger charge is -2.28. The van der Waals surface area contributed by atoms with Crippen LogP contribution in [0.3, 0.4) is 0 Å². The lowest BCUT2D eigenvalue weighted by atomic mass is 9.98. The molecule has 0 heterocycles. The van der Waals surface area contributed by atoms with E-state index in [0.29, 0.717) is 0 Å². The molecule has 0 aromatic heterocycles. The topological polar surface area (TPSA) is 120 Å². The minimum atomic E-state index is -1.41. The van der Waals surface area contributed by atoms with Crippen LogP contribution in [0, 0.1) is 5.41 Å². The third kappa shape index (κ3) is 11.2. The number of rotatable bonds is 11. The maximum absolute atomic E-state index is 13.1. The Morgan fingerprint density at radius 3 is 1.78 bits per heavy atom. The second-order valence-electron chi connectivity index (χ2n) is 10.4. The van der Waals surface area contributed by atoms with Crippen LogP contribution in [-0.4, -0.2) is 42.1 Å². The molecule has 0 aliphatic heterocycles. The van der Waals surface area contributed by atoms with E-state index < -0.39 is 41.9 Å². The van der Waals surface area contributed by atoms with Crippen LogP contribution in [0.4, 0.5) is 4.79 Å². The number of benzene rings is 2. The second-order valence-corrected chi connectivity index (χ2v) is 10.4. The Bertz CT molecular complexity index is 990. The molecular weight excluding hydrogens is 476 g/mol. The highest BCUT2D eigenvalue weighted by atomic mass is 16.6. The van der Waals surface area contributed by atoms with Gasteiger partial charge in [-0.05, 0) is 30.4 Å². The van der Waals surface area contributed by atoms with E-state index in [1.54, 1.807) is 36.4 Å². The Labute approximate surface area is 217 Å². The summed E-state index contributed by atoms with van der Waals surface area (Å²) in [6.07, 6.45) is -1.36. The Balaban J connectivity index is 2.04. The van der Waals surface area contributed by atoms with Crippen molar-refractivity contribution < 1.29 is 33.4 Å². The van der Waals surface area contributed by atoms with Crippen molar-refractivity contribution in [2.45, 2.75) is 65.8 Å². The molecule has 2 rings (SSSR count). The van der Waals surface area contributed by atoms with Crippen molar-refractivity contribution >= 4 is 23.9 Å². The summed E-state index contributed by atoms with van der Waals surface area (Å²) in [6.45, 7) is 8.84. The van der Waals surface area contributed by atoms with Crippen molar-refractivity contribution in [2.24, 2.45) is 5.41 Å². The third-order valence-electron chi connectivity index (χ3n) is 5.02. The van der Waals surface area contributed by atoms with E-state index >= 15 is 0 Å². The van der Waals surface area contributed by atoms with Crippen LogP contribution in [0.25, 0.3) is 0 Å². The first-order chi connectivity index (χ1) is 17.4. The summed E-state index contributed by atoms with van der Waals surface area (Å²) in [7, 11) is 0. The van der Waals surface area contributed by atoms with E-state index in [4.69, 9.17) is 14.2 Å².